The number of carbonyl (C=O) groups excluding carboxylic acids is 1. The van der Waals surface area contributed by atoms with Gasteiger partial charge in [0.05, 0.1) is 10.5 Å². The number of rotatable bonds is 4. The van der Waals surface area contributed by atoms with Crippen LogP contribution in [0, 0.1) is 0 Å². The minimum absolute atomic E-state index is 0.105. The number of esters is 1. The van der Waals surface area contributed by atoms with Crippen LogP contribution in [0.25, 0.3) is 11.1 Å². The van der Waals surface area contributed by atoms with Crippen LogP contribution < -0.4 is 4.74 Å². The number of ether oxygens (including phenoxy) is 1. The van der Waals surface area contributed by atoms with E-state index in [1.165, 1.54) is 44.8 Å². The van der Waals surface area contributed by atoms with Crippen molar-refractivity contribution in [3.05, 3.63) is 54.4 Å². The zero-order valence-electron chi connectivity index (χ0n) is 13.0. The molecule has 0 aliphatic carbocycles. The first-order valence-electron chi connectivity index (χ1n) is 6.96. The van der Waals surface area contributed by atoms with Crippen LogP contribution in [-0.4, -0.2) is 37.8 Å². The fourth-order valence-electron chi connectivity index (χ4n) is 2.04. The van der Waals surface area contributed by atoms with Crippen molar-refractivity contribution in [1.29, 1.82) is 0 Å². The van der Waals surface area contributed by atoms with Crippen molar-refractivity contribution >= 4 is 27.1 Å². The third-order valence-electron chi connectivity index (χ3n) is 3.38. The molecule has 0 bridgehead atoms. The maximum atomic E-state index is 12.2. The third-order valence-corrected chi connectivity index (χ3v) is 5.21. The number of oxazole rings is 1. The summed E-state index contributed by atoms with van der Waals surface area (Å²) in [5.41, 5.74) is 1.41. The molecular weight excluding hydrogens is 332 g/mol. The molecule has 1 heterocycles. The van der Waals surface area contributed by atoms with E-state index in [0.29, 0.717) is 16.8 Å². The number of sulfonamides is 1. The zero-order chi connectivity index (χ0) is 17.3. The van der Waals surface area contributed by atoms with Gasteiger partial charge in [0, 0.05) is 20.2 Å². The topological polar surface area (TPSA) is 89.7 Å². The van der Waals surface area contributed by atoms with Crippen LogP contribution in [0.4, 0.5) is 0 Å². The van der Waals surface area contributed by atoms with Crippen LogP contribution in [-0.2, 0) is 10.0 Å². The number of fused-ring (bicyclic) bond motifs is 1. The lowest BCUT2D eigenvalue weighted by atomic mass is 10.2. The first kappa shape index (κ1) is 16.2. The SMILES string of the molecule is CN(C)S(=O)(=O)c1ccc(C(=O)Oc2ccc3ocnc3c2)cc1. The summed E-state index contributed by atoms with van der Waals surface area (Å²) in [6.45, 7) is 0. The highest BCUT2D eigenvalue weighted by molar-refractivity contribution is 7.89. The number of carbonyl (C=O) groups is 1. The van der Waals surface area contributed by atoms with Crippen molar-refractivity contribution in [3.8, 4) is 5.75 Å². The quantitative estimate of drug-likeness (QED) is 0.532. The monoisotopic (exact) mass is 346 g/mol. The number of nitrogens with zero attached hydrogens (tertiary/aromatic N) is 2. The van der Waals surface area contributed by atoms with Crippen molar-refractivity contribution in [2.75, 3.05) is 14.1 Å². The van der Waals surface area contributed by atoms with Crippen LogP contribution in [0.15, 0.2) is 58.2 Å². The first-order chi connectivity index (χ1) is 11.4. The van der Waals surface area contributed by atoms with Gasteiger partial charge in [-0.25, -0.2) is 22.5 Å². The Morgan fingerprint density at radius 3 is 2.50 bits per heavy atom. The summed E-state index contributed by atoms with van der Waals surface area (Å²) in [5, 5.41) is 0. The van der Waals surface area contributed by atoms with E-state index in [9.17, 15) is 13.2 Å². The second kappa shape index (κ2) is 6.06. The second-order valence-corrected chi connectivity index (χ2v) is 7.34. The number of aromatic nitrogens is 1. The summed E-state index contributed by atoms with van der Waals surface area (Å²) >= 11 is 0. The minimum atomic E-state index is -3.53. The van der Waals surface area contributed by atoms with Gasteiger partial charge in [-0.15, -0.1) is 0 Å². The van der Waals surface area contributed by atoms with E-state index in [0.717, 1.165) is 4.31 Å². The van der Waals surface area contributed by atoms with E-state index >= 15 is 0 Å². The molecule has 2 aromatic carbocycles. The van der Waals surface area contributed by atoms with Crippen LogP contribution >= 0.6 is 0 Å². The highest BCUT2D eigenvalue weighted by Gasteiger charge is 2.18. The molecule has 8 heteroatoms. The highest BCUT2D eigenvalue weighted by atomic mass is 32.2. The van der Waals surface area contributed by atoms with Gasteiger partial charge in [0.15, 0.2) is 12.0 Å². The predicted molar refractivity (Wildman–Crippen MR) is 86.3 cm³/mol. The van der Waals surface area contributed by atoms with Gasteiger partial charge >= 0.3 is 5.97 Å². The highest BCUT2D eigenvalue weighted by Crippen LogP contribution is 2.21. The van der Waals surface area contributed by atoms with Crippen LogP contribution in [0.1, 0.15) is 10.4 Å². The van der Waals surface area contributed by atoms with Gasteiger partial charge < -0.3 is 9.15 Å². The average Bonchev–Trinajstić information content (AvgIpc) is 3.02. The van der Waals surface area contributed by atoms with Crippen molar-refractivity contribution in [1.82, 2.24) is 9.29 Å². The molecular formula is C16H14N2O5S. The maximum Gasteiger partial charge on any atom is 0.343 e. The molecule has 0 unspecified atom stereocenters. The molecule has 3 rings (SSSR count). The summed E-state index contributed by atoms with van der Waals surface area (Å²) in [5.74, 6) is -0.266. The number of benzene rings is 2. The van der Waals surface area contributed by atoms with Crippen molar-refractivity contribution in [3.63, 3.8) is 0 Å². The molecule has 24 heavy (non-hydrogen) atoms. The lowest BCUT2D eigenvalue weighted by Crippen LogP contribution is -2.22. The Hall–Kier alpha value is -2.71. The van der Waals surface area contributed by atoms with Gasteiger partial charge in [0.25, 0.3) is 0 Å². The van der Waals surface area contributed by atoms with Gasteiger partial charge in [-0.05, 0) is 36.4 Å². The van der Waals surface area contributed by atoms with E-state index in [1.54, 1.807) is 18.2 Å². The fourth-order valence-corrected chi connectivity index (χ4v) is 2.94. The molecule has 7 nitrogen and oxygen atoms in total. The molecule has 0 saturated carbocycles. The number of hydrogen-bond acceptors (Lipinski definition) is 6. The number of hydrogen-bond donors (Lipinski definition) is 0. The smallest absolute Gasteiger partial charge is 0.343 e. The van der Waals surface area contributed by atoms with Gasteiger partial charge in [0.1, 0.15) is 11.3 Å². The Morgan fingerprint density at radius 2 is 1.83 bits per heavy atom. The summed E-state index contributed by atoms with van der Waals surface area (Å²) in [6.07, 6.45) is 1.31. The summed E-state index contributed by atoms with van der Waals surface area (Å²) in [6, 6.07) is 10.4. The molecule has 0 N–H and O–H groups in total. The lowest BCUT2D eigenvalue weighted by molar-refractivity contribution is 0.0735. The zero-order valence-corrected chi connectivity index (χ0v) is 13.8. The molecule has 3 aromatic rings. The Balaban J connectivity index is 1.80. The molecule has 1 aromatic heterocycles. The molecule has 0 amide bonds. The molecule has 0 aliphatic heterocycles. The second-order valence-electron chi connectivity index (χ2n) is 5.18. The van der Waals surface area contributed by atoms with E-state index in [-0.39, 0.29) is 10.5 Å². The van der Waals surface area contributed by atoms with E-state index in [4.69, 9.17) is 9.15 Å². The standard InChI is InChI=1S/C16H14N2O5S/c1-18(2)24(20,21)13-6-3-11(4-7-13)16(19)23-12-5-8-15-14(9-12)17-10-22-15/h3-10H,1-2H3. The van der Waals surface area contributed by atoms with Gasteiger partial charge in [-0.1, -0.05) is 0 Å². The summed E-state index contributed by atoms with van der Waals surface area (Å²) in [7, 11) is -0.650. The molecule has 124 valence electrons. The Kier molecular flexibility index (Phi) is 4.08. The fraction of sp³-hybridized carbons (Fsp3) is 0.125. The molecule has 0 atom stereocenters. The van der Waals surface area contributed by atoms with E-state index < -0.39 is 16.0 Å². The van der Waals surface area contributed by atoms with Crippen LogP contribution in [0.5, 0.6) is 5.75 Å². The van der Waals surface area contributed by atoms with Crippen molar-refractivity contribution < 1.29 is 22.4 Å². The van der Waals surface area contributed by atoms with Crippen LogP contribution in [0.3, 0.4) is 0 Å². The van der Waals surface area contributed by atoms with E-state index in [2.05, 4.69) is 4.98 Å². The first-order valence-corrected chi connectivity index (χ1v) is 8.40. The van der Waals surface area contributed by atoms with Gasteiger partial charge in [-0.3, -0.25) is 0 Å². The van der Waals surface area contributed by atoms with Crippen LogP contribution in [0.2, 0.25) is 0 Å². The van der Waals surface area contributed by atoms with Crippen molar-refractivity contribution in [2.24, 2.45) is 0 Å². The van der Waals surface area contributed by atoms with Gasteiger partial charge in [0.2, 0.25) is 10.0 Å². The predicted octanol–water partition coefficient (Wildman–Crippen LogP) is 2.30. The summed E-state index contributed by atoms with van der Waals surface area (Å²) < 4.78 is 35.5. The Morgan fingerprint density at radius 1 is 1.12 bits per heavy atom. The molecule has 0 spiro atoms. The lowest BCUT2D eigenvalue weighted by Gasteiger charge is -2.11. The molecule has 0 fully saturated rings. The average molecular weight is 346 g/mol. The van der Waals surface area contributed by atoms with E-state index in [1.807, 2.05) is 0 Å². The third kappa shape index (κ3) is 3.01. The maximum absolute atomic E-state index is 12.2. The normalized spacial score (nSPS) is 11.8. The Labute approximate surface area is 138 Å². The van der Waals surface area contributed by atoms with Gasteiger partial charge in [-0.2, -0.15) is 0 Å². The van der Waals surface area contributed by atoms with Crippen molar-refractivity contribution in [2.45, 2.75) is 4.90 Å². The largest absolute Gasteiger partial charge is 0.443 e. The Bertz CT molecular complexity index is 991. The molecule has 0 saturated heterocycles. The minimum Gasteiger partial charge on any atom is -0.443 e. The molecule has 0 radical (unpaired) electrons. The molecule has 0 aliphatic rings. The summed E-state index contributed by atoms with van der Waals surface area (Å²) in [4.78, 5) is 16.2.